The summed E-state index contributed by atoms with van der Waals surface area (Å²) in [5.74, 6) is -0.372. The predicted molar refractivity (Wildman–Crippen MR) is 83.9 cm³/mol. The summed E-state index contributed by atoms with van der Waals surface area (Å²) in [4.78, 5) is 12.2. The zero-order valence-electron chi connectivity index (χ0n) is 12.3. The van der Waals surface area contributed by atoms with Gasteiger partial charge in [0.2, 0.25) is 0 Å². The van der Waals surface area contributed by atoms with Crippen molar-refractivity contribution in [1.29, 1.82) is 0 Å². The van der Waals surface area contributed by atoms with Crippen molar-refractivity contribution in [1.82, 2.24) is 9.78 Å². The molecule has 23 heavy (non-hydrogen) atoms. The fraction of sp³-hybridized carbons (Fsp3) is 0.200. The highest BCUT2D eigenvalue weighted by molar-refractivity contribution is 9.10. The van der Waals surface area contributed by atoms with Crippen molar-refractivity contribution in [2.45, 2.75) is 6.61 Å². The molecule has 0 bridgehead atoms. The molecule has 1 aromatic heterocycles. The lowest BCUT2D eigenvalue weighted by Crippen LogP contribution is -2.04. The lowest BCUT2D eigenvalue weighted by Gasteiger charge is -2.10. The second kappa shape index (κ2) is 7.36. The number of benzene rings is 1. The van der Waals surface area contributed by atoms with Crippen LogP contribution in [-0.2, 0) is 7.05 Å². The summed E-state index contributed by atoms with van der Waals surface area (Å²) in [7, 11) is 3.05. The van der Waals surface area contributed by atoms with Gasteiger partial charge in [-0.05, 0) is 46.3 Å². The molecular formula is C15H13BrF2N2O3. The minimum absolute atomic E-state index is 0.0614. The number of ether oxygens (including phenoxy) is 2. The molecule has 0 fully saturated rings. The third-order valence-corrected chi connectivity index (χ3v) is 3.61. The van der Waals surface area contributed by atoms with E-state index in [1.165, 1.54) is 31.4 Å². The fourth-order valence-electron chi connectivity index (χ4n) is 1.87. The summed E-state index contributed by atoms with van der Waals surface area (Å²) in [5, 5.41) is 4.03. The third-order valence-electron chi connectivity index (χ3n) is 2.99. The molecule has 0 aliphatic carbocycles. The molecule has 2 rings (SSSR count). The van der Waals surface area contributed by atoms with Gasteiger partial charge >= 0.3 is 6.61 Å². The molecule has 0 spiro atoms. The van der Waals surface area contributed by atoms with Gasteiger partial charge in [-0.2, -0.15) is 13.9 Å². The Bertz CT molecular complexity index is 725. The number of aromatic nitrogens is 2. The van der Waals surface area contributed by atoms with Crippen molar-refractivity contribution < 1.29 is 23.0 Å². The van der Waals surface area contributed by atoms with Gasteiger partial charge in [0.25, 0.3) is 0 Å². The molecule has 0 radical (unpaired) electrons. The summed E-state index contributed by atoms with van der Waals surface area (Å²) >= 11 is 3.33. The molecule has 0 saturated carbocycles. The van der Waals surface area contributed by atoms with Gasteiger partial charge in [-0.1, -0.05) is 0 Å². The van der Waals surface area contributed by atoms with Crippen LogP contribution in [-0.4, -0.2) is 29.3 Å². The van der Waals surface area contributed by atoms with Crippen LogP contribution in [0.5, 0.6) is 11.5 Å². The smallest absolute Gasteiger partial charge is 0.387 e. The highest BCUT2D eigenvalue weighted by Gasteiger charge is 2.13. The zero-order valence-corrected chi connectivity index (χ0v) is 13.9. The van der Waals surface area contributed by atoms with Crippen LogP contribution in [0.2, 0.25) is 0 Å². The number of carbonyl (C=O) groups excluding carboxylic acids is 1. The molecule has 122 valence electrons. The van der Waals surface area contributed by atoms with Gasteiger partial charge in [-0.15, -0.1) is 0 Å². The lowest BCUT2D eigenvalue weighted by atomic mass is 10.1. The Labute approximate surface area is 139 Å². The minimum atomic E-state index is -2.97. The number of carbonyl (C=O) groups is 1. The van der Waals surface area contributed by atoms with E-state index in [0.29, 0.717) is 0 Å². The van der Waals surface area contributed by atoms with E-state index in [9.17, 15) is 13.6 Å². The second-order valence-electron chi connectivity index (χ2n) is 4.44. The summed E-state index contributed by atoms with van der Waals surface area (Å²) in [6.07, 6.45) is 4.59. The van der Waals surface area contributed by atoms with Gasteiger partial charge < -0.3 is 9.47 Å². The fourth-order valence-corrected chi connectivity index (χ4v) is 2.35. The molecule has 0 aliphatic heterocycles. The first-order valence-corrected chi connectivity index (χ1v) is 7.24. The molecule has 0 N–H and O–H groups in total. The van der Waals surface area contributed by atoms with Gasteiger partial charge in [0.15, 0.2) is 17.3 Å². The Balaban J connectivity index is 2.23. The van der Waals surface area contributed by atoms with Crippen LogP contribution in [0.25, 0.3) is 6.08 Å². The average molecular weight is 387 g/mol. The van der Waals surface area contributed by atoms with Crippen LogP contribution >= 0.6 is 15.9 Å². The molecule has 0 unspecified atom stereocenters. The summed E-state index contributed by atoms with van der Waals surface area (Å²) < 4.78 is 36.2. The monoisotopic (exact) mass is 386 g/mol. The van der Waals surface area contributed by atoms with E-state index >= 15 is 0 Å². The maximum Gasteiger partial charge on any atom is 0.387 e. The zero-order chi connectivity index (χ0) is 17.0. The number of alkyl halides is 2. The van der Waals surface area contributed by atoms with Crippen molar-refractivity contribution in [3.63, 3.8) is 0 Å². The number of halogens is 3. The van der Waals surface area contributed by atoms with Gasteiger partial charge in [0.1, 0.15) is 0 Å². The second-order valence-corrected chi connectivity index (χ2v) is 5.30. The number of hydrogen-bond donors (Lipinski definition) is 0. The number of ketones is 1. The topological polar surface area (TPSA) is 53.3 Å². The Kier molecular flexibility index (Phi) is 5.49. The number of aryl methyl sites for hydroxylation is 1. The van der Waals surface area contributed by atoms with E-state index in [-0.39, 0.29) is 22.8 Å². The number of rotatable bonds is 6. The number of hydrogen-bond acceptors (Lipinski definition) is 4. The Morgan fingerprint density at radius 2 is 2.13 bits per heavy atom. The van der Waals surface area contributed by atoms with Gasteiger partial charge in [0.05, 0.1) is 23.5 Å². The third kappa shape index (κ3) is 4.16. The molecule has 0 aliphatic rings. The number of allylic oxidation sites excluding steroid dienone is 1. The van der Waals surface area contributed by atoms with Crippen LogP contribution in [0.4, 0.5) is 8.78 Å². The van der Waals surface area contributed by atoms with E-state index in [2.05, 4.69) is 25.8 Å². The maximum atomic E-state index is 12.3. The highest BCUT2D eigenvalue weighted by Crippen LogP contribution is 2.29. The molecule has 0 saturated heterocycles. The molecule has 1 aromatic carbocycles. The molecule has 2 aromatic rings. The first-order valence-electron chi connectivity index (χ1n) is 6.45. The van der Waals surface area contributed by atoms with Crippen molar-refractivity contribution in [2.75, 3.05) is 7.11 Å². The predicted octanol–water partition coefficient (Wildman–Crippen LogP) is 3.69. The van der Waals surface area contributed by atoms with Crippen molar-refractivity contribution in [2.24, 2.45) is 7.05 Å². The van der Waals surface area contributed by atoms with E-state index in [1.54, 1.807) is 24.0 Å². The molecule has 0 atom stereocenters. The number of nitrogens with zero attached hydrogens (tertiary/aromatic N) is 2. The quantitative estimate of drug-likeness (QED) is 0.561. The molecule has 5 nitrogen and oxygen atoms in total. The van der Waals surface area contributed by atoms with Crippen LogP contribution in [0.15, 0.2) is 34.9 Å². The molecule has 8 heteroatoms. The van der Waals surface area contributed by atoms with Crippen LogP contribution in [0.3, 0.4) is 0 Å². The van der Waals surface area contributed by atoms with E-state index in [4.69, 9.17) is 4.74 Å². The van der Waals surface area contributed by atoms with Crippen molar-refractivity contribution >= 4 is 27.8 Å². The van der Waals surface area contributed by atoms with Crippen LogP contribution in [0.1, 0.15) is 16.1 Å². The molecule has 0 amide bonds. The Morgan fingerprint density at radius 3 is 2.70 bits per heavy atom. The van der Waals surface area contributed by atoms with E-state index < -0.39 is 6.61 Å². The van der Waals surface area contributed by atoms with Gasteiger partial charge in [-0.25, -0.2) is 0 Å². The van der Waals surface area contributed by atoms with Gasteiger partial charge in [-0.3, -0.25) is 9.48 Å². The van der Waals surface area contributed by atoms with Gasteiger partial charge in [0, 0.05) is 12.6 Å². The lowest BCUT2D eigenvalue weighted by molar-refractivity contribution is -0.0512. The largest absolute Gasteiger partial charge is 0.493 e. The Morgan fingerprint density at radius 1 is 1.39 bits per heavy atom. The first-order chi connectivity index (χ1) is 10.9. The summed E-state index contributed by atoms with van der Waals surface area (Å²) in [6.45, 7) is -2.97. The van der Waals surface area contributed by atoms with Crippen LogP contribution < -0.4 is 9.47 Å². The summed E-state index contributed by atoms with van der Waals surface area (Å²) in [5.41, 5.74) is 1.01. The molecular weight excluding hydrogens is 374 g/mol. The SMILES string of the molecule is COc1cc(C(=O)/C=C\c2c(Br)cnn2C)ccc1OC(F)F. The average Bonchev–Trinajstić information content (AvgIpc) is 2.83. The minimum Gasteiger partial charge on any atom is -0.493 e. The Hall–Kier alpha value is -2.22. The van der Waals surface area contributed by atoms with Crippen LogP contribution in [0, 0.1) is 0 Å². The summed E-state index contributed by atoms with van der Waals surface area (Å²) in [6, 6.07) is 4.01. The van der Waals surface area contributed by atoms with E-state index in [1.807, 2.05) is 0 Å². The standard InChI is InChI=1S/C15H13BrF2N2O3/c1-20-11(10(16)8-19-20)4-5-12(21)9-3-6-13(23-15(17)18)14(7-9)22-2/h3-8,15H,1-2H3/b5-4-. The first kappa shape index (κ1) is 17.1. The van der Waals surface area contributed by atoms with Crippen molar-refractivity contribution in [3.8, 4) is 11.5 Å². The normalized spacial score (nSPS) is 11.2. The maximum absolute atomic E-state index is 12.3. The highest BCUT2D eigenvalue weighted by atomic mass is 79.9. The number of methoxy groups -OCH3 is 1. The molecule has 1 heterocycles. The van der Waals surface area contributed by atoms with E-state index in [0.717, 1.165) is 10.2 Å². The van der Waals surface area contributed by atoms with Crippen molar-refractivity contribution in [3.05, 3.63) is 46.2 Å².